The third kappa shape index (κ3) is 2.73. The molecule has 6 heteroatoms. The molecule has 0 bridgehead atoms. The molecule has 0 amide bonds. The maximum atomic E-state index is 10.9. The summed E-state index contributed by atoms with van der Waals surface area (Å²) in [6.07, 6.45) is 6.41. The van der Waals surface area contributed by atoms with Crippen molar-refractivity contribution in [2.24, 2.45) is 11.8 Å². The highest BCUT2D eigenvalue weighted by atomic mass is 35.5. The maximum Gasteiger partial charge on any atom is 0.276 e. The van der Waals surface area contributed by atoms with Gasteiger partial charge in [-0.25, -0.2) is 4.98 Å². The van der Waals surface area contributed by atoms with Crippen molar-refractivity contribution in [3.8, 4) is 0 Å². The monoisotopic (exact) mass is 295 g/mol. The van der Waals surface area contributed by atoms with E-state index in [1.54, 1.807) is 0 Å². The SMILES string of the molecule is O=[N+]([O-])c1cc(Cl)nc(N2CCC3CCCCC3C2)c1. The first kappa shape index (κ1) is 13.6. The lowest BCUT2D eigenvalue weighted by atomic mass is 9.75. The number of hydrogen-bond donors (Lipinski definition) is 0. The Morgan fingerprint density at radius 1 is 1.25 bits per heavy atom. The first-order valence-electron chi connectivity index (χ1n) is 7.20. The van der Waals surface area contributed by atoms with Crippen molar-refractivity contribution in [2.75, 3.05) is 18.0 Å². The van der Waals surface area contributed by atoms with Crippen LogP contribution in [0.4, 0.5) is 11.5 Å². The standard InChI is InChI=1S/C14H18ClN3O2/c15-13-7-12(18(19)20)8-14(16-13)17-6-5-10-3-1-2-4-11(10)9-17/h7-8,10-11H,1-6,9H2. The van der Waals surface area contributed by atoms with Gasteiger partial charge in [-0.1, -0.05) is 30.9 Å². The number of aromatic nitrogens is 1. The van der Waals surface area contributed by atoms with Crippen LogP contribution in [0.15, 0.2) is 12.1 Å². The predicted molar refractivity (Wildman–Crippen MR) is 78.2 cm³/mol. The molecule has 2 aliphatic rings. The number of fused-ring (bicyclic) bond motifs is 1. The first-order chi connectivity index (χ1) is 9.63. The van der Waals surface area contributed by atoms with Crippen LogP contribution in [0.5, 0.6) is 0 Å². The van der Waals surface area contributed by atoms with Gasteiger partial charge in [0.25, 0.3) is 5.69 Å². The van der Waals surface area contributed by atoms with Crippen LogP contribution < -0.4 is 4.90 Å². The zero-order valence-electron chi connectivity index (χ0n) is 11.3. The van der Waals surface area contributed by atoms with E-state index in [2.05, 4.69) is 9.88 Å². The van der Waals surface area contributed by atoms with Crippen molar-refractivity contribution >= 4 is 23.1 Å². The summed E-state index contributed by atoms with van der Waals surface area (Å²) in [5.74, 6) is 2.18. The van der Waals surface area contributed by atoms with Gasteiger partial charge < -0.3 is 4.90 Å². The summed E-state index contributed by atoms with van der Waals surface area (Å²) in [6, 6.07) is 2.84. The minimum absolute atomic E-state index is 0.0192. The largest absolute Gasteiger partial charge is 0.356 e. The van der Waals surface area contributed by atoms with Gasteiger partial charge in [-0.15, -0.1) is 0 Å². The summed E-state index contributed by atoms with van der Waals surface area (Å²) >= 11 is 5.91. The minimum Gasteiger partial charge on any atom is -0.356 e. The third-order valence-electron chi connectivity index (χ3n) is 4.59. The van der Waals surface area contributed by atoms with Crippen molar-refractivity contribution in [1.29, 1.82) is 0 Å². The Kier molecular flexibility index (Phi) is 3.78. The molecule has 2 heterocycles. The van der Waals surface area contributed by atoms with Crippen LogP contribution >= 0.6 is 11.6 Å². The average Bonchev–Trinajstić information content (AvgIpc) is 2.46. The summed E-state index contributed by atoms with van der Waals surface area (Å²) in [6.45, 7) is 1.88. The summed E-state index contributed by atoms with van der Waals surface area (Å²) < 4.78 is 0. The van der Waals surface area contributed by atoms with E-state index in [9.17, 15) is 10.1 Å². The molecule has 1 aliphatic carbocycles. The molecule has 5 nitrogen and oxygen atoms in total. The van der Waals surface area contributed by atoms with Crippen LogP contribution in [0.25, 0.3) is 0 Å². The van der Waals surface area contributed by atoms with E-state index in [1.807, 2.05) is 0 Å². The molecule has 3 rings (SSSR count). The number of nitro groups is 1. The Hall–Kier alpha value is -1.36. The molecule has 1 aromatic rings. The Balaban J connectivity index is 1.80. The molecule has 1 aliphatic heterocycles. The van der Waals surface area contributed by atoms with Gasteiger partial charge >= 0.3 is 0 Å². The van der Waals surface area contributed by atoms with Gasteiger partial charge in [0.15, 0.2) is 0 Å². The van der Waals surface area contributed by atoms with E-state index in [0.29, 0.717) is 11.7 Å². The number of piperidine rings is 1. The van der Waals surface area contributed by atoms with Gasteiger partial charge in [0.1, 0.15) is 11.0 Å². The van der Waals surface area contributed by atoms with Gasteiger partial charge in [0.05, 0.1) is 17.1 Å². The number of hydrogen-bond acceptors (Lipinski definition) is 4. The molecule has 0 aromatic carbocycles. The van der Waals surface area contributed by atoms with Gasteiger partial charge in [0.2, 0.25) is 0 Å². The molecular formula is C14H18ClN3O2. The molecule has 0 N–H and O–H groups in total. The van der Waals surface area contributed by atoms with E-state index in [0.717, 1.165) is 25.4 Å². The fourth-order valence-electron chi connectivity index (χ4n) is 3.55. The van der Waals surface area contributed by atoms with Crippen molar-refractivity contribution in [3.63, 3.8) is 0 Å². The highest BCUT2D eigenvalue weighted by molar-refractivity contribution is 6.29. The van der Waals surface area contributed by atoms with Crippen LogP contribution in [0.3, 0.4) is 0 Å². The van der Waals surface area contributed by atoms with Gasteiger partial charge in [-0.3, -0.25) is 10.1 Å². The molecule has 1 saturated carbocycles. The Bertz CT molecular complexity index is 523. The smallest absolute Gasteiger partial charge is 0.276 e. The first-order valence-corrected chi connectivity index (χ1v) is 7.58. The van der Waals surface area contributed by atoms with Gasteiger partial charge in [-0.05, 0) is 24.7 Å². The van der Waals surface area contributed by atoms with Gasteiger partial charge in [-0.2, -0.15) is 0 Å². The summed E-state index contributed by atoms with van der Waals surface area (Å²) in [4.78, 5) is 16.9. The number of halogens is 1. The van der Waals surface area contributed by atoms with Crippen LogP contribution in [0, 0.1) is 22.0 Å². The van der Waals surface area contributed by atoms with E-state index in [-0.39, 0.29) is 10.8 Å². The van der Waals surface area contributed by atoms with Crippen molar-refractivity contribution in [3.05, 3.63) is 27.4 Å². The highest BCUT2D eigenvalue weighted by Crippen LogP contribution is 2.37. The maximum absolute atomic E-state index is 10.9. The van der Waals surface area contributed by atoms with Crippen molar-refractivity contribution < 1.29 is 4.92 Å². The number of rotatable bonds is 2. The van der Waals surface area contributed by atoms with E-state index in [1.165, 1.54) is 37.8 Å². The summed E-state index contributed by atoms with van der Waals surface area (Å²) in [5.41, 5.74) is 0.0192. The second-order valence-electron chi connectivity index (χ2n) is 5.80. The fraction of sp³-hybridized carbons (Fsp3) is 0.643. The third-order valence-corrected chi connectivity index (χ3v) is 4.78. The molecular weight excluding hydrogens is 278 g/mol. The molecule has 0 radical (unpaired) electrons. The number of pyridine rings is 1. The van der Waals surface area contributed by atoms with Crippen molar-refractivity contribution in [2.45, 2.75) is 32.1 Å². The van der Waals surface area contributed by atoms with Crippen LogP contribution in [0.2, 0.25) is 5.15 Å². The second kappa shape index (κ2) is 5.56. The lowest BCUT2D eigenvalue weighted by molar-refractivity contribution is -0.384. The molecule has 1 saturated heterocycles. The average molecular weight is 296 g/mol. The topological polar surface area (TPSA) is 59.3 Å². The molecule has 0 spiro atoms. The lowest BCUT2D eigenvalue weighted by Crippen LogP contribution is -2.42. The lowest BCUT2D eigenvalue weighted by Gasteiger charge is -2.41. The summed E-state index contributed by atoms with van der Waals surface area (Å²) in [7, 11) is 0. The molecule has 2 unspecified atom stereocenters. The quantitative estimate of drug-likeness (QED) is 0.474. The summed E-state index contributed by atoms with van der Waals surface area (Å²) in [5, 5.41) is 11.1. The molecule has 2 fully saturated rings. The van der Waals surface area contributed by atoms with Crippen molar-refractivity contribution in [1.82, 2.24) is 4.98 Å². The van der Waals surface area contributed by atoms with E-state index >= 15 is 0 Å². The van der Waals surface area contributed by atoms with E-state index in [4.69, 9.17) is 11.6 Å². The highest BCUT2D eigenvalue weighted by Gasteiger charge is 2.32. The Labute approximate surface area is 123 Å². The number of nitrogens with zero attached hydrogens (tertiary/aromatic N) is 3. The fourth-order valence-corrected chi connectivity index (χ4v) is 3.74. The van der Waals surface area contributed by atoms with E-state index < -0.39 is 4.92 Å². The zero-order chi connectivity index (χ0) is 14.1. The van der Waals surface area contributed by atoms with Crippen LogP contribution in [0.1, 0.15) is 32.1 Å². The molecule has 1 aromatic heterocycles. The van der Waals surface area contributed by atoms with Crippen LogP contribution in [-0.4, -0.2) is 23.0 Å². The minimum atomic E-state index is -0.412. The zero-order valence-corrected chi connectivity index (χ0v) is 12.1. The molecule has 2 atom stereocenters. The molecule has 108 valence electrons. The molecule has 20 heavy (non-hydrogen) atoms. The second-order valence-corrected chi connectivity index (χ2v) is 6.19. The normalized spacial score (nSPS) is 26.1. The number of anilines is 1. The predicted octanol–water partition coefficient (Wildman–Crippen LogP) is 3.66. The Morgan fingerprint density at radius 2 is 2.00 bits per heavy atom. The van der Waals surface area contributed by atoms with Gasteiger partial charge in [0, 0.05) is 13.1 Å². The van der Waals surface area contributed by atoms with Crippen LogP contribution in [-0.2, 0) is 0 Å². The Morgan fingerprint density at radius 3 is 2.75 bits per heavy atom.